The van der Waals surface area contributed by atoms with Gasteiger partial charge in [0.1, 0.15) is 0 Å². The van der Waals surface area contributed by atoms with E-state index in [0.29, 0.717) is 6.54 Å². The molecule has 2 rings (SSSR count). The molecule has 0 aliphatic carbocycles. The maximum absolute atomic E-state index is 11.6. The quantitative estimate of drug-likeness (QED) is 0.498. The highest BCUT2D eigenvalue weighted by molar-refractivity contribution is 5.92. The number of rotatable bonds is 5. The molecule has 0 aliphatic rings. The second-order valence-electron chi connectivity index (χ2n) is 4.60. The van der Waals surface area contributed by atoms with E-state index in [1.54, 1.807) is 6.07 Å². The van der Waals surface area contributed by atoms with Gasteiger partial charge in [0.15, 0.2) is 5.76 Å². The van der Waals surface area contributed by atoms with Gasteiger partial charge in [-0.2, -0.15) is 0 Å². The highest BCUT2D eigenvalue weighted by Crippen LogP contribution is 2.20. The Morgan fingerprint density at radius 1 is 1.40 bits per heavy atom. The second-order valence-corrected chi connectivity index (χ2v) is 4.60. The fourth-order valence-electron chi connectivity index (χ4n) is 2.14. The van der Waals surface area contributed by atoms with Crippen molar-refractivity contribution in [2.75, 3.05) is 11.4 Å². The van der Waals surface area contributed by atoms with Gasteiger partial charge in [0.2, 0.25) is 0 Å². The number of hydrogen-bond donors (Lipinski definition) is 2. The Balaban J connectivity index is 2.23. The summed E-state index contributed by atoms with van der Waals surface area (Å²) in [7, 11) is 0. The first-order valence-corrected chi connectivity index (χ1v) is 6.54. The van der Waals surface area contributed by atoms with Crippen molar-refractivity contribution < 1.29 is 9.21 Å². The molecule has 1 aromatic carbocycles. The van der Waals surface area contributed by atoms with E-state index in [-0.39, 0.29) is 5.76 Å². The Hall–Kier alpha value is -2.27. The summed E-state index contributed by atoms with van der Waals surface area (Å²) in [5, 5.41) is 0. The van der Waals surface area contributed by atoms with Crippen molar-refractivity contribution in [1.82, 2.24) is 5.43 Å². The Bertz CT molecular complexity index is 592. The third kappa shape index (κ3) is 3.00. The van der Waals surface area contributed by atoms with E-state index in [1.807, 2.05) is 6.07 Å². The lowest BCUT2D eigenvalue weighted by Crippen LogP contribution is -2.31. The number of amides is 1. The Kier molecular flexibility index (Phi) is 4.42. The first-order chi connectivity index (χ1) is 9.65. The van der Waals surface area contributed by atoms with E-state index >= 15 is 0 Å². The number of furan rings is 1. The van der Waals surface area contributed by atoms with Gasteiger partial charge in [0.25, 0.3) is 0 Å². The lowest BCUT2D eigenvalue weighted by molar-refractivity contribution is 0.0924. The Morgan fingerprint density at radius 2 is 2.20 bits per heavy atom. The molecule has 0 unspecified atom stereocenters. The number of hydrazine groups is 1. The topological polar surface area (TPSA) is 71.5 Å². The molecule has 0 bridgehead atoms. The van der Waals surface area contributed by atoms with Crippen LogP contribution in [0, 0.1) is 6.92 Å². The molecule has 0 saturated carbocycles. The number of nitrogens with zero attached hydrogens (tertiary/aromatic N) is 1. The SMILES string of the molecule is CCN(Cc1ccoc1C(=O)NN)c1cccc(C)c1. The molecular weight excluding hydrogens is 254 g/mol. The summed E-state index contributed by atoms with van der Waals surface area (Å²) in [5.41, 5.74) is 5.23. The molecule has 3 N–H and O–H groups in total. The summed E-state index contributed by atoms with van der Waals surface area (Å²) >= 11 is 0. The van der Waals surface area contributed by atoms with Crippen molar-refractivity contribution in [2.24, 2.45) is 5.84 Å². The molecule has 5 heteroatoms. The molecule has 0 spiro atoms. The van der Waals surface area contributed by atoms with E-state index in [1.165, 1.54) is 11.8 Å². The number of carbonyl (C=O) groups excluding carboxylic acids is 1. The van der Waals surface area contributed by atoms with Crippen LogP contribution < -0.4 is 16.2 Å². The maximum atomic E-state index is 11.6. The van der Waals surface area contributed by atoms with Crippen LogP contribution in [0.15, 0.2) is 41.0 Å². The van der Waals surface area contributed by atoms with Gasteiger partial charge in [-0.3, -0.25) is 10.2 Å². The molecule has 0 radical (unpaired) electrons. The van der Waals surface area contributed by atoms with Crippen molar-refractivity contribution in [3.8, 4) is 0 Å². The largest absolute Gasteiger partial charge is 0.459 e. The first-order valence-electron chi connectivity index (χ1n) is 6.54. The standard InChI is InChI=1S/C15H19N3O2/c1-3-18(13-6-4-5-11(2)9-13)10-12-7-8-20-14(12)15(19)17-16/h4-9H,3,10,16H2,1-2H3,(H,17,19). The summed E-state index contributed by atoms with van der Waals surface area (Å²) in [6, 6.07) is 10.0. The number of carbonyl (C=O) groups is 1. The van der Waals surface area contributed by atoms with Crippen molar-refractivity contribution in [3.63, 3.8) is 0 Å². The minimum Gasteiger partial charge on any atom is -0.459 e. The zero-order valence-electron chi connectivity index (χ0n) is 11.7. The normalized spacial score (nSPS) is 10.3. The summed E-state index contributed by atoms with van der Waals surface area (Å²) in [4.78, 5) is 13.8. The number of nitrogen functional groups attached to an aromatic ring is 1. The van der Waals surface area contributed by atoms with Gasteiger partial charge in [-0.1, -0.05) is 12.1 Å². The molecule has 20 heavy (non-hydrogen) atoms. The fraction of sp³-hybridized carbons (Fsp3) is 0.267. The summed E-state index contributed by atoms with van der Waals surface area (Å²) < 4.78 is 5.20. The van der Waals surface area contributed by atoms with E-state index in [2.05, 4.69) is 42.4 Å². The molecule has 0 saturated heterocycles. The van der Waals surface area contributed by atoms with Crippen molar-refractivity contribution >= 4 is 11.6 Å². The van der Waals surface area contributed by atoms with Gasteiger partial charge in [-0.25, -0.2) is 5.84 Å². The Labute approximate surface area is 118 Å². The average molecular weight is 273 g/mol. The van der Waals surface area contributed by atoms with Crippen molar-refractivity contribution in [2.45, 2.75) is 20.4 Å². The van der Waals surface area contributed by atoms with Crippen LogP contribution in [0.2, 0.25) is 0 Å². The van der Waals surface area contributed by atoms with Gasteiger partial charge in [0, 0.05) is 24.3 Å². The first kappa shape index (κ1) is 14.1. The lowest BCUT2D eigenvalue weighted by Gasteiger charge is -2.23. The molecule has 1 amide bonds. The monoisotopic (exact) mass is 273 g/mol. The van der Waals surface area contributed by atoms with E-state index in [9.17, 15) is 4.79 Å². The number of hydrogen-bond acceptors (Lipinski definition) is 4. The maximum Gasteiger partial charge on any atom is 0.301 e. The minimum atomic E-state index is -0.412. The van der Waals surface area contributed by atoms with Crippen molar-refractivity contribution in [3.05, 3.63) is 53.5 Å². The van der Waals surface area contributed by atoms with Gasteiger partial charge in [-0.15, -0.1) is 0 Å². The van der Waals surface area contributed by atoms with Gasteiger partial charge < -0.3 is 9.32 Å². The molecular formula is C15H19N3O2. The van der Waals surface area contributed by atoms with Crippen LogP contribution in [0.25, 0.3) is 0 Å². The van der Waals surface area contributed by atoms with E-state index < -0.39 is 5.91 Å². The van der Waals surface area contributed by atoms with Crippen LogP contribution >= 0.6 is 0 Å². The zero-order chi connectivity index (χ0) is 14.5. The van der Waals surface area contributed by atoms with Gasteiger partial charge >= 0.3 is 5.91 Å². The highest BCUT2D eigenvalue weighted by atomic mass is 16.3. The average Bonchev–Trinajstić information content (AvgIpc) is 2.92. The number of nitrogens with two attached hydrogens (primary N) is 1. The van der Waals surface area contributed by atoms with Gasteiger partial charge in [-0.05, 0) is 37.6 Å². The Morgan fingerprint density at radius 3 is 2.85 bits per heavy atom. The molecule has 0 atom stereocenters. The molecule has 2 aromatic rings. The number of aryl methyl sites for hydroxylation is 1. The number of anilines is 1. The number of benzene rings is 1. The van der Waals surface area contributed by atoms with Crippen LogP contribution in [0.1, 0.15) is 28.6 Å². The fourth-order valence-corrected chi connectivity index (χ4v) is 2.14. The number of nitrogens with one attached hydrogen (secondary N) is 1. The summed E-state index contributed by atoms with van der Waals surface area (Å²) in [6.45, 7) is 5.56. The minimum absolute atomic E-state index is 0.263. The zero-order valence-corrected chi connectivity index (χ0v) is 11.7. The van der Waals surface area contributed by atoms with Crippen LogP contribution in [0.3, 0.4) is 0 Å². The third-order valence-corrected chi connectivity index (χ3v) is 3.19. The molecule has 1 aromatic heterocycles. The van der Waals surface area contributed by atoms with Gasteiger partial charge in [0.05, 0.1) is 6.26 Å². The lowest BCUT2D eigenvalue weighted by atomic mass is 10.1. The summed E-state index contributed by atoms with van der Waals surface area (Å²) in [6.07, 6.45) is 1.50. The molecule has 5 nitrogen and oxygen atoms in total. The molecule has 106 valence electrons. The second kappa shape index (κ2) is 6.25. The van der Waals surface area contributed by atoms with E-state index in [0.717, 1.165) is 17.8 Å². The molecule has 0 fully saturated rings. The van der Waals surface area contributed by atoms with Crippen LogP contribution in [-0.2, 0) is 6.54 Å². The molecule has 0 aliphatic heterocycles. The highest BCUT2D eigenvalue weighted by Gasteiger charge is 2.16. The third-order valence-electron chi connectivity index (χ3n) is 3.19. The van der Waals surface area contributed by atoms with Crippen molar-refractivity contribution in [1.29, 1.82) is 0 Å². The predicted octanol–water partition coefficient (Wildman–Crippen LogP) is 2.22. The molecule has 1 heterocycles. The predicted molar refractivity (Wildman–Crippen MR) is 78.3 cm³/mol. The van der Waals surface area contributed by atoms with Crippen LogP contribution in [-0.4, -0.2) is 12.5 Å². The van der Waals surface area contributed by atoms with Crippen LogP contribution in [0.4, 0.5) is 5.69 Å². The van der Waals surface area contributed by atoms with E-state index in [4.69, 9.17) is 10.3 Å². The smallest absolute Gasteiger partial charge is 0.301 e. The van der Waals surface area contributed by atoms with Crippen LogP contribution in [0.5, 0.6) is 0 Å². The summed E-state index contributed by atoms with van der Waals surface area (Å²) in [5.74, 6) is 5.00.